The topological polar surface area (TPSA) is 260 Å². The molecule has 1 aliphatic heterocycles. The Morgan fingerprint density at radius 3 is 1.76 bits per heavy atom. The largest absolute Gasteiger partial charge is 0.446 e. The molecule has 0 radical (unpaired) electrons. The summed E-state index contributed by atoms with van der Waals surface area (Å²) in [5, 5.41) is 27.5. The second-order valence-corrected chi connectivity index (χ2v) is 10.5. The third-order valence-electron chi connectivity index (χ3n) is 5.64. The van der Waals surface area contributed by atoms with Gasteiger partial charge in [0.1, 0.15) is 11.6 Å². The molecule has 0 bridgehead atoms. The van der Waals surface area contributed by atoms with E-state index in [-0.39, 0.29) is 43.6 Å². The molecule has 0 spiro atoms. The molecule has 0 aliphatic carbocycles. The van der Waals surface area contributed by atoms with E-state index in [1.54, 1.807) is 0 Å². The van der Waals surface area contributed by atoms with Crippen molar-refractivity contribution in [2.24, 2.45) is 5.73 Å². The summed E-state index contributed by atoms with van der Waals surface area (Å²) >= 11 is 6.10. The number of nitrogens with zero attached hydrogens (tertiary/aromatic N) is 8. The molecular formula is C24H20Br2F2N12O6. The van der Waals surface area contributed by atoms with Crippen LogP contribution in [0.4, 0.5) is 20.4 Å². The third kappa shape index (κ3) is 7.25. The number of benzene rings is 2. The first-order chi connectivity index (χ1) is 22.2. The summed E-state index contributed by atoms with van der Waals surface area (Å²) in [6.45, 7) is 3.29. The van der Waals surface area contributed by atoms with Crippen molar-refractivity contribution in [2.45, 2.75) is 0 Å². The van der Waals surface area contributed by atoms with Gasteiger partial charge >= 0.3 is 11.5 Å². The smallest absolute Gasteiger partial charge is 0.379 e. The van der Waals surface area contributed by atoms with Crippen molar-refractivity contribution in [3.63, 3.8) is 0 Å². The van der Waals surface area contributed by atoms with E-state index in [0.29, 0.717) is 24.5 Å². The second-order valence-electron chi connectivity index (χ2n) is 8.84. The predicted octanol–water partition coefficient (Wildman–Crippen LogP) is 2.10. The molecule has 0 saturated carbocycles. The summed E-state index contributed by atoms with van der Waals surface area (Å²) in [4.78, 5) is 23.7. The van der Waals surface area contributed by atoms with Crippen molar-refractivity contribution in [3.05, 3.63) is 78.1 Å². The van der Waals surface area contributed by atoms with Crippen LogP contribution in [0.5, 0.6) is 0 Å². The molecule has 0 unspecified atom stereocenters. The van der Waals surface area contributed by atoms with Crippen molar-refractivity contribution < 1.29 is 27.1 Å². The molecule has 240 valence electrons. The van der Waals surface area contributed by atoms with Gasteiger partial charge in [-0.3, -0.25) is 9.05 Å². The fourth-order valence-corrected chi connectivity index (χ4v) is 4.23. The first-order valence-electron chi connectivity index (χ1n) is 12.8. The lowest BCUT2D eigenvalue weighted by atomic mass is 10.3. The number of hydrogen-bond acceptors (Lipinski definition) is 16. The van der Waals surface area contributed by atoms with Crippen molar-refractivity contribution in [1.82, 2.24) is 45.4 Å². The summed E-state index contributed by atoms with van der Waals surface area (Å²) < 4.78 is 47.6. The zero-order valence-corrected chi connectivity index (χ0v) is 26.2. The van der Waals surface area contributed by atoms with E-state index < -0.39 is 23.1 Å². The Kier molecular flexibility index (Phi) is 10.1. The number of rotatable bonds is 7. The van der Waals surface area contributed by atoms with Gasteiger partial charge in [-0.25, -0.2) is 36.8 Å². The van der Waals surface area contributed by atoms with Gasteiger partial charge in [-0.2, -0.15) is 0 Å². The zero-order chi connectivity index (χ0) is 32.8. The van der Waals surface area contributed by atoms with Crippen LogP contribution in [0.2, 0.25) is 0 Å². The van der Waals surface area contributed by atoms with Crippen LogP contribution in [-0.2, 0) is 0 Å². The number of nitrogens with one attached hydrogen (secondary N) is 2. The molecule has 46 heavy (non-hydrogen) atoms. The van der Waals surface area contributed by atoms with Gasteiger partial charge in [-0.05, 0) is 88.9 Å². The quantitative estimate of drug-likeness (QED) is 0.169. The van der Waals surface area contributed by atoms with Crippen molar-refractivity contribution in [2.75, 3.05) is 37.2 Å². The van der Waals surface area contributed by atoms with Crippen molar-refractivity contribution in [3.8, 4) is 34.4 Å². The van der Waals surface area contributed by atoms with Crippen LogP contribution < -0.4 is 33.6 Å². The Morgan fingerprint density at radius 2 is 1.30 bits per heavy atom. The number of nitrogens with two attached hydrogens (primary N) is 2. The minimum Gasteiger partial charge on any atom is -0.379 e. The summed E-state index contributed by atoms with van der Waals surface area (Å²) in [6.07, 6.45) is 0. The van der Waals surface area contributed by atoms with Crippen LogP contribution in [0.25, 0.3) is 34.4 Å². The molecule has 0 amide bonds. The lowest BCUT2D eigenvalue weighted by Gasteiger charge is -2.05. The zero-order valence-electron chi connectivity index (χ0n) is 23.0. The highest BCUT2D eigenvalue weighted by Crippen LogP contribution is 2.27. The van der Waals surface area contributed by atoms with Crippen LogP contribution in [0.3, 0.4) is 0 Å². The van der Waals surface area contributed by atoms with Gasteiger partial charge in [-0.15, -0.1) is 0 Å². The van der Waals surface area contributed by atoms with Gasteiger partial charge in [0.15, 0.2) is 17.2 Å². The third-order valence-corrected chi connectivity index (χ3v) is 6.86. The van der Waals surface area contributed by atoms with Gasteiger partial charge in [0.2, 0.25) is 17.5 Å². The van der Waals surface area contributed by atoms with Gasteiger partial charge in [-0.1, -0.05) is 10.3 Å². The average molecular weight is 770 g/mol. The molecule has 1 saturated heterocycles. The van der Waals surface area contributed by atoms with E-state index in [2.05, 4.69) is 91.7 Å². The maximum absolute atomic E-state index is 13.4. The predicted molar refractivity (Wildman–Crippen MR) is 161 cm³/mol. The number of nitrogen functional groups attached to an aromatic ring is 1. The number of hydrogen-bond donors (Lipinski definition) is 4. The van der Waals surface area contributed by atoms with E-state index in [0.717, 1.165) is 9.13 Å². The molecule has 6 N–H and O–H groups in total. The van der Waals surface area contributed by atoms with E-state index >= 15 is 0 Å². The fraction of sp³-hybridized carbons (Fsp3) is 0.167. The molecule has 0 atom stereocenters. The highest BCUT2D eigenvalue weighted by Gasteiger charge is 2.23. The van der Waals surface area contributed by atoms with Crippen LogP contribution in [-0.4, -0.2) is 66.3 Å². The fourth-order valence-electron chi connectivity index (χ4n) is 3.50. The Hall–Kier alpha value is -5.06. The van der Waals surface area contributed by atoms with Crippen molar-refractivity contribution >= 4 is 43.5 Å². The monoisotopic (exact) mass is 768 g/mol. The summed E-state index contributed by atoms with van der Waals surface area (Å²) in [6, 6.07) is 7.98. The molecule has 18 nitrogen and oxygen atoms in total. The summed E-state index contributed by atoms with van der Waals surface area (Å²) in [5.74, 6) is -2.18. The highest BCUT2D eigenvalue weighted by atomic mass is 79.9. The van der Waals surface area contributed by atoms with E-state index in [1.807, 2.05) is 0 Å². The first-order valence-corrected chi connectivity index (χ1v) is 14.4. The lowest BCUT2D eigenvalue weighted by Crippen LogP contribution is -2.16. The van der Waals surface area contributed by atoms with Crippen LogP contribution >= 0.6 is 31.9 Å². The van der Waals surface area contributed by atoms with Crippen LogP contribution in [0.1, 0.15) is 0 Å². The minimum atomic E-state index is -0.777. The average Bonchev–Trinajstić information content (AvgIpc) is 3.41. The molecule has 1 aliphatic rings. The van der Waals surface area contributed by atoms with Gasteiger partial charge in [0.05, 0.1) is 20.3 Å². The first kappa shape index (κ1) is 32.3. The number of halogens is 4. The summed E-state index contributed by atoms with van der Waals surface area (Å²) in [5.41, 5.74) is 11.9. The lowest BCUT2D eigenvalue weighted by molar-refractivity contribution is 0.309. The molecule has 1 fully saturated rings. The minimum absolute atomic E-state index is 0.00672. The van der Waals surface area contributed by atoms with E-state index in [1.165, 1.54) is 49.5 Å². The SMILES string of the molecule is C1CN1.NCCNc1nonc1-c1noc(=O)n1-c1ccc(F)c(Br)c1.Nc1nonc1-c1noc(=O)n1-c1ccc(F)c(Br)c1. The van der Waals surface area contributed by atoms with Crippen molar-refractivity contribution in [1.29, 1.82) is 0 Å². The Balaban J connectivity index is 0.000000167. The molecule has 7 rings (SSSR count). The molecule has 5 heterocycles. The van der Waals surface area contributed by atoms with E-state index in [4.69, 9.17) is 11.5 Å². The normalized spacial score (nSPS) is 11.8. The highest BCUT2D eigenvalue weighted by molar-refractivity contribution is 9.10. The second kappa shape index (κ2) is 14.4. The van der Waals surface area contributed by atoms with E-state index in [9.17, 15) is 18.4 Å². The maximum atomic E-state index is 13.4. The van der Waals surface area contributed by atoms with Crippen LogP contribution in [0.15, 0.2) is 73.2 Å². The standard InChI is InChI=1S/C12H10BrFN6O3.C10H5BrFN5O3.C2H5N/c13-7-5-6(1-2-8(7)14)20-11(19-22-12(20)21)9-10(16-4-3-15)18-23-17-9;11-5-3-4(1-2-6(5)12)17-9(16-19-10(17)18)7-8(13)15-20-14-7;1-2-3-1/h1-2,5H,3-4,15H2,(H,16,18);1-3H,(H2,13,15);3H,1-2H2. The Bertz CT molecular complexity index is 2070. The molecular weight excluding hydrogens is 750 g/mol. The van der Waals surface area contributed by atoms with Gasteiger partial charge in [0, 0.05) is 26.2 Å². The molecule has 4 aromatic heterocycles. The molecule has 6 aromatic rings. The number of anilines is 2. The number of aromatic nitrogens is 8. The molecule has 22 heteroatoms. The maximum Gasteiger partial charge on any atom is 0.446 e. The van der Waals surface area contributed by atoms with Gasteiger partial charge < -0.3 is 22.1 Å². The molecule has 2 aromatic carbocycles. The Morgan fingerprint density at radius 1 is 0.804 bits per heavy atom. The van der Waals surface area contributed by atoms with Gasteiger partial charge in [0.25, 0.3) is 0 Å². The van der Waals surface area contributed by atoms with Crippen LogP contribution in [0, 0.1) is 11.6 Å². The summed E-state index contributed by atoms with van der Waals surface area (Å²) in [7, 11) is 0. The Labute approximate surface area is 270 Å².